The Morgan fingerprint density at radius 1 is 0.456 bits per heavy atom. The predicted molar refractivity (Wildman–Crippen MR) is 236 cm³/mol. The zero-order chi connectivity index (χ0) is 39.2. The zero-order valence-corrected chi connectivity index (χ0v) is 33.4. The Bertz CT molecular complexity index is 2550. The molecular weight excluding hydrogens is 748 g/mol. The molecule has 0 aliphatic rings. The lowest BCUT2D eigenvalue weighted by atomic mass is 10.1. The van der Waals surface area contributed by atoms with Gasteiger partial charge in [0.25, 0.3) is 9.03 Å². The molecule has 9 heteroatoms. The quantitative estimate of drug-likeness (QED) is 0.131. The fourth-order valence-electron chi connectivity index (χ4n) is 5.93. The van der Waals surface area contributed by atoms with E-state index in [1.54, 1.807) is 18.3 Å². The Balaban J connectivity index is 0.000000175. The van der Waals surface area contributed by atoms with Gasteiger partial charge in [0.05, 0.1) is 0 Å². The molecule has 0 aliphatic heterocycles. The van der Waals surface area contributed by atoms with Gasteiger partial charge in [-0.25, -0.2) is 0 Å². The molecule has 0 atom stereocenters. The molecule has 1 N–H and O–H groups in total. The van der Waals surface area contributed by atoms with Crippen molar-refractivity contribution in [2.75, 3.05) is 0 Å². The first-order valence-electron chi connectivity index (χ1n) is 18.6. The SMILES string of the molecule is CC.Oc1cccnc1COP(Oc1ccc2ccccc2c1)Oc1ccc2ccccc2c1.c1ccc2cc(OPOc3ccc4ccccc4c3)ccc2c1. The molecule has 9 aromatic rings. The van der Waals surface area contributed by atoms with E-state index < -0.39 is 8.60 Å². The Labute approximate surface area is 335 Å². The van der Waals surface area contributed by atoms with Crippen LogP contribution in [0.5, 0.6) is 28.7 Å². The summed E-state index contributed by atoms with van der Waals surface area (Å²) in [5.41, 5.74) is 0.421. The molecule has 0 radical (unpaired) electrons. The smallest absolute Gasteiger partial charge is 0.463 e. The van der Waals surface area contributed by atoms with Crippen LogP contribution in [0.1, 0.15) is 19.5 Å². The van der Waals surface area contributed by atoms with Crippen LogP contribution in [0.4, 0.5) is 0 Å². The third kappa shape index (κ3) is 10.5. The summed E-state index contributed by atoms with van der Waals surface area (Å²) in [5.74, 6) is 2.99. The molecule has 57 heavy (non-hydrogen) atoms. The van der Waals surface area contributed by atoms with Crippen molar-refractivity contribution in [1.82, 2.24) is 4.98 Å². The lowest BCUT2D eigenvalue weighted by molar-refractivity contribution is 0.249. The molecule has 1 aromatic heterocycles. The second-order valence-corrected chi connectivity index (χ2v) is 14.1. The predicted octanol–water partition coefficient (Wildman–Crippen LogP) is 14.0. The molecule has 0 fully saturated rings. The maximum absolute atomic E-state index is 10.0. The second-order valence-electron chi connectivity index (χ2n) is 12.5. The van der Waals surface area contributed by atoms with Gasteiger partial charge in [0.2, 0.25) is 0 Å². The molecule has 0 saturated heterocycles. The average molecular weight is 790 g/mol. The number of benzene rings is 8. The molecular formula is C48H41NO6P2. The van der Waals surface area contributed by atoms with Crippen LogP contribution in [-0.2, 0) is 11.1 Å². The molecule has 8 aromatic carbocycles. The fourth-order valence-corrected chi connectivity index (χ4v) is 7.36. The fraction of sp³-hybridized carbons (Fsp3) is 0.0625. The molecule has 0 unspecified atom stereocenters. The number of hydrogen-bond donors (Lipinski definition) is 1. The maximum Gasteiger partial charge on any atom is 0.463 e. The van der Waals surface area contributed by atoms with Gasteiger partial charge in [-0.05, 0) is 104 Å². The first-order chi connectivity index (χ1) is 28.1. The van der Waals surface area contributed by atoms with Crippen molar-refractivity contribution in [3.63, 3.8) is 0 Å². The summed E-state index contributed by atoms with van der Waals surface area (Å²) >= 11 is 0. The van der Waals surface area contributed by atoms with Crippen molar-refractivity contribution in [1.29, 1.82) is 0 Å². The van der Waals surface area contributed by atoms with Gasteiger partial charge < -0.3 is 23.2 Å². The van der Waals surface area contributed by atoms with E-state index in [4.69, 9.17) is 22.6 Å². The van der Waals surface area contributed by atoms with E-state index >= 15 is 0 Å². The molecule has 0 spiro atoms. The third-order valence-electron chi connectivity index (χ3n) is 8.74. The van der Waals surface area contributed by atoms with E-state index in [1.165, 1.54) is 21.5 Å². The highest BCUT2D eigenvalue weighted by molar-refractivity contribution is 7.42. The van der Waals surface area contributed by atoms with Crippen molar-refractivity contribution in [2.24, 2.45) is 0 Å². The van der Waals surface area contributed by atoms with E-state index in [0.717, 1.165) is 33.0 Å². The summed E-state index contributed by atoms with van der Waals surface area (Å²) in [6, 6.07) is 59.7. The number of hydrogen-bond acceptors (Lipinski definition) is 7. The normalized spacial score (nSPS) is 10.7. The van der Waals surface area contributed by atoms with Crippen LogP contribution in [0.2, 0.25) is 0 Å². The van der Waals surface area contributed by atoms with Crippen molar-refractivity contribution in [3.8, 4) is 28.7 Å². The van der Waals surface area contributed by atoms with Gasteiger partial charge in [-0.3, -0.25) is 9.51 Å². The number of pyridine rings is 1. The molecule has 0 aliphatic carbocycles. The summed E-state index contributed by atoms with van der Waals surface area (Å²) in [7, 11) is -1.88. The van der Waals surface area contributed by atoms with Gasteiger partial charge in [0.15, 0.2) is 0 Å². The number of aromatic nitrogens is 1. The third-order valence-corrected chi connectivity index (χ3v) is 10.4. The van der Waals surface area contributed by atoms with E-state index in [0.29, 0.717) is 17.2 Å². The summed E-state index contributed by atoms with van der Waals surface area (Å²) in [6.45, 7) is 4.06. The van der Waals surface area contributed by atoms with Crippen LogP contribution >= 0.6 is 17.6 Å². The van der Waals surface area contributed by atoms with Gasteiger partial charge in [0.1, 0.15) is 41.0 Å². The number of nitrogens with zero attached hydrogens (tertiary/aromatic N) is 1. The Morgan fingerprint density at radius 2 is 0.825 bits per heavy atom. The monoisotopic (exact) mass is 789 g/mol. The largest absolute Gasteiger partial charge is 0.506 e. The van der Waals surface area contributed by atoms with Crippen LogP contribution in [0, 0.1) is 0 Å². The van der Waals surface area contributed by atoms with Crippen molar-refractivity contribution in [2.45, 2.75) is 20.5 Å². The Morgan fingerprint density at radius 3 is 1.23 bits per heavy atom. The first-order valence-corrected chi connectivity index (χ1v) is 20.5. The Kier molecular flexibility index (Phi) is 13.4. The molecule has 284 valence electrons. The minimum absolute atomic E-state index is 0.0551. The average Bonchev–Trinajstić information content (AvgIpc) is 3.27. The van der Waals surface area contributed by atoms with E-state index in [-0.39, 0.29) is 21.4 Å². The lowest BCUT2D eigenvalue weighted by Crippen LogP contribution is -2.02. The maximum atomic E-state index is 10.0. The first kappa shape index (κ1) is 39.0. The summed E-state index contributed by atoms with van der Waals surface area (Å²) in [4.78, 5) is 4.17. The molecule has 1 heterocycles. The van der Waals surface area contributed by atoms with E-state index in [2.05, 4.69) is 41.4 Å². The summed E-state index contributed by atoms with van der Waals surface area (Å²) in [6.07, 6.45) is 1.61. The minimum Gasteiger partial charge on any atom is -0.506 e. The number of aromatic hydroxyl groups is 1. The van der Waals surface area contributed by atoms with Crippen molar-refractivity contribution < 1.29 is 27.7 Å². The highest BCUT2D eigenvalue weighted by atomic mass is 31.2. The van der Waals surface area contributed by atoms with Crippen molar-refractivity contribution in [3.05, 3.63) is 194 Å². The number of rotatable bonds is 11. The highest BCUT2D eigenvalue weighted by Gasteiger charge is 2.19. The molecule has 0 amide bonds. The van der Waals surface area contributed by atoms with Crippen LogP contribution in [0.25, 0.3) is 43.1 Å². The van der Waals surface area contributed by atoms with Gasteiger partial charge in [-0.15, -0.1) is 0 Å². The van der Waals surface area contributed by atoms with E-state index in [9.17, 15) is 5.11 Å². The minimum atomic E-state index is -1.81. The number of fused-ring (bicyclic) bond motifs is 4. The van der Waals surface area contributed by atoms with Gasteiger partial charge in [0, 0.05) is 6.20 Å². The molecule has 7 nitrogen and oxygen atoms in total. The zero-order valence-electron chi connectivity index (χ0n) is 31.5. The lowest BCUT2D eigenvalue weighted by Gasteiger charge is -2.18. The molecule has 0 saturated carbocycles. The van der Waals surface area contributed by atoms with Gasteiger partial charge in [-0.1, -0.05) is 135 Å². The van der Waals surface area contributed by atoms with Crippen LogP contribution in [0.15, 0.2) is 188 Å². The summed E-state index contributed by atoms with van der Waals surface area (Å²) < 4.78 is 29.6. The van der Waals surface area contributed by atoms with Gasteiger partial charge in [-0.2, -0.15) is 0 Å². The standard InChI is InChI=1S/C26H20NO4P.C20H15O2P.C2H6/c28-26-10-5-15-27-25(26)18-29-32(30-23-13-11-19-6-1-3-8-21(19)16-23)31-24-14-12-20-7-2-4-9-22(20)17-24;1-3-7-17-13-19(11-9-15(17)5-1)21-23-22-20-12-10-16-6-2-4-8-18(16)14-20;1-2/h1-17,28H,18H2;1-14,23H;1-2H3. The second kappa shape index (κ2) is 19.6. The topological polar surface area (TPSA) is 79.3 Å². The van der Waals surface area contributed by atoms with Crippen LogP contribution < -0.4 is 18.1 Å². The van der Waals surface area contributed by atoms with Crippen molar-refractivity contribution >= 4 is 60.7 Å². The van der Waals surface area contributed by atoms with Crippen LogP contribution in [-0.4, -0.2) is 10.1 Å². The highest BCUT2D eigenvalue weighted by Crippen LogP contribution is 2.44. The summed E-state index contributed by atoms with van der Waals surface area (Å²) in [5, 5.41) is 19.1. The molecule has 9 rings (SSSR count). The van der Waals surface area contributed by atoms with E-state index in [1.807, 2.05) is 147 Å². The van der Waals surface area contributed by atoms with Gasteiger partial charge >= 0.3 is 8.60 Å². The Hall–Kier alpha value is -6.23. The van der Waals surface area contributed by atoms with Crippen LogP contribution in [0.3, 0.4) is 0 Å². The molecule has 0 bridgehead atoms.